The monoisotopic (exact) mass is 372 g/mol. The SMILES string of the molecule is CCC1=Cc2c(ccc(-c3ccccc3)c2-c2ccccc2-c2ccccc2)C1. The van der Waals surface area contributed by atoms with Crippen LogP contribution in [0.2, 0.25) is 0 Å². The van der Waals surface area contributed by atoms with Gasteiger partial charge < -0.3 is 0 Å². The van der Waals surface area contributed by atoms with E-state index in [4.69, 9.17) is 0 Å². The third kappa shape index (κ3) is 3.21. The zero-order valence-corrected chi connectivity index (χ0v) is 16.7. The van der Waals surface area contributed by atoms with Crippen molar-refractivity contribution in [1.82, 2.24) is 0 Å². The van der Waals surface area contributed by atoms with Crippen LogP contribution in [0.15, 0.2) is 103 Å². The summed E-state index contributed by atoms with van der Waals surface area (Å²) in [6.45, 7) is 2.26. The molecule has 0 amide bonds. The summed E-state index contributed by atoms with van der Waals surface area (Å²) in [5, 5.41) is 0. The van der Waals surface area contributed by atoms with Gasteiger partial charge in [-0.1, -0.05) is 116 Å². The van der Waals surface area contributed by atoms with Crippen molar-refractivity contribution >= 4 is 6.08 Å². The molecule has 29 heavy (non-hydrogen) atoms. The first-order valence-electron chi connectivity index (χ1n) is 10.4. The molecule has 0 fully saturated rings. The van der Waals surface area contributed by atoms with Crippen LogP contribution in [0.25, 0.3) is 39.5 Å². The summed E-state index contributed by atoms with van der Waals surface area (Å²) in [4.78, 5) is 0. The summed E-state index contributed by atoms with van der Waals surface area (Å²) in [5.74, 6) is 0. The maximum absolute atomic E-state index is 2.43. The predicted molar refractivity (Wildman–Crippen MR) is 125 cm³/mol. The van der Waals surface area contributed by atoms with Gasteiger partial charge >= 0.3 is 0 Å². The van der Waals surface area contributed by atoms with E-state index in [1.807, 2.05) is 0 Å². The van der Waals surface area contributed by atoms with Crippen LogP contribution in [0.4, 0.5) is 0 Å². The van der Waals surface area contributed by atoms with Crippen LogP contribution in [0.1, 0.15) is 24.5 Å². The number of fused-ring (bicyclic) bond motifs is 1. The highest BCUT2D eigenvalue weighted by molar-refractivity contribution is 5.97. The molecule has 0 heteroatoms. The van der Waals surface area contributed by atoms with Crippen LogP contribution in [-0.2, 0) is 6.42 Å². The van der Waals surface area contributed by atoms with E-state index in [0.717, 1.165) is 12.8 Å². The van der Waals surface area contributed by atoms with Gasteiger partial charge in [-0.15, -0.1) is 0 Å². The van der Waals surface area contributed by atoms with Gasteiger partial charge in [-0.25, -0.2) is 0 Å². The van der Waals surface area contributed by atoms with E-state index in [-0.39, 0.29) is 0 Å². The third-order valence-corrected chi connectivity index (χ3v) is 5.92. The summed E-state index contributed by atoms with van der Waals surface area (Å²) in [6, 6.07) is 35.0. The first kappa shape index (κ1) is 17.7. The summed E-state index contributed by atoms with van der Waals surface area (Å²) in [5.41, 5.74) is 12.1. The highest BCUT2D eigenvalue weighted by Gasteiger charge is 2.21. The summed E-state index contributed by atoms with van der Waals surface area (Å²) in [7, 11) is 0. The molecule has 0 bridgehead atoms. The fourth-order valence-corrected chi connectivity index (χ4v) is 4.43. The lowest BCUT2D eigenvalue weighted by molar-refractivity contribution is 1.04. The lowest BCUT2D eigenvalue weighted by Crippen LogP contribution is -1.94. The molecule has 140 valence electrons. The molecule has 0 heterocycles. The van der Waals surface area contributed by atoms with E-state index in [2.05, 4.69) is 110 Å². The van der Waals surface area contributed by atoms with Crippen LogP contribution in [0.3, 0.4) is 0 Å². The fourth-order valence-electron chi connectivity index (χ4n) is 4.43. The molecule has 0 nitrogen and oxygen atoms in total. The van der Waals surface area contributed by atoms with Gasteiger partial charge in [0.15, 0.2) is 0 Å². The third-order valence-electron chi connectivity index (χ3n) is 5.92. The number of hydrogen-bond donors (Lipinski definition) is 0. The minimum absolute atomic E-state index is 1.07. The molecule has 1 aliphatic carbocycles. The molecule has 0 saturated carbocycles. The van der Waals surface area contributed by atoms with Gasteiger partial charge in [-0.2, -0.15) is 0 Å². The molecule has 0 aliphatic heterocycles. The van der Waals surface area contributed by atoms with Gasteiger partial charge in [0, 0.05) is 0 Å². The molecular weight excluding hydrogens is 348 g/mol. The largest absolute Gasteiger partial charge is 0.0655 e. The van der Waals surface area contributed by atoms with Gasteiger partial charge in [0.05, 0.1) is 0 Å². The molecule has 0 N–H and O–H groups in total. The quantitative estimate of drug-likeness (QED) is 0.340. The first-order valence-corrected chi connectivity index (χ1v) is 10.4. The van der Waals surface area contributed by atoms with Crippen molar-refractivity contribution in [2.45, 2.75) is 19.8 Å². The highest BCUT2D eigenvalue weighted by atomic mass is 14.2. The molecule has 5 rings (SSSR count). The van der Waals surface area contributed by atoms with Crippen LogP contribution < -0.4 is 0 Å². The summed E-state index contributed by atoms with van der Waals surface area (Å²) >= 11 is 0. The molecule has 0 saturated heterocycles. The molecule has 0 radical (unpaired) electrons. The topological polar surface area (TPSA) is 0 Å². The van der Waals surface area contributed by atoms with Crippen LogP contribution >= 0.6 is 0 Å². The Hall–Kier alpha value is -3.38. The first-order chi connectivity index (χ1) is 14.3. The van der Waals surface area contributed by atoms with Crippen molar-refractivity contribution in [3.05, 3.63) is 114 Å². The van der Waals surface area contributed by atoms with Gasteiger partial charge in [0.2, 0.25) is 0 Å². The number of benzene rings is 4. The summed E-state index contributed by atoms with van der Waals surface area (Å²) in [6.07, 6.45) is 4.61. The number of rotatable bonds is 4. The maximum atomic E-state index is 2.43. The van der Waals surface area contributed by atoms with Crippen molar-refractivity contribution in [1.29, 1.82) is 0 Å². The average Bonchev–Trinajstić information content (AvgIpc) is 3.23. The normalized spacial score (nSPS) is 12.5. The molecule has 1 aliphatic rings. The van der Waals surface area contributed by atoms with E-state index in [1.165, 1.54) is 50.1 Å². The molecule has 0 atom stereocenters. The van der Waals surface area contributed by atoms with E-state index >= 15 is 0 Å². The molecule has 0 aromatic heterocycles. The Kier molecular flexibility index (Phi) is 4.62. The van der Waals surface area contributed by atoms with Crippen molar-refractivity contribution in [2.75, 3.05) is 0 Å². The highest BCUT2D eigenvalue weighted by Crippen LogP contribution is 2.44. The van der Waals surface area contributed by atoms with E-state index in [9.17, 15) is 0 Å². The lowest BCUT2D eigenvalue weighted by atomic mass is 9.85. The molecule has 4 aromatic carbocycles. The smallest absolute Gasteiger partial charge is 0.00237 e. The Morgan fingerprint density at radius 2 is 1.17 bits per heavy atom. The molecule has 0 spiro atoms. The Balaban J connectivity index is 1.82. The van der Waals surface area contributed by atoms with Crippen molar-refractivity contribution < 1.29 is 0 Å². The predicted octanol–water partition coefficient (Wildman–Crippen LogP) is 8.04. The van der Waals surface area contributed by atoms with Gasteiger partial charge in [-0.05, 0) is 57.3 Å². The van der Waals surface area contributed by atoms with Gasteiger partial charge in [0.1, 0.15) is 0 Å². The van der Waals surface area contributed by atoms with E-state index < -0.39 is 0 Å². The Morgan fingerprint density at radius 3 is 1.83 bits per heavy atom. The van der Waals surface area contributed by atoms with Gasteiger partial charge in [-0.3, -0.25) is 0 Å². The van der Waals surface area contributed by atoms with Gasteiger partial charge in [0.25, 0.3) is 0 Å². The maximum Gasteiger partial charge on any atom is -0.00237 e. The Bertz CT molecular complexity index is 1180. The van der Waals surface area contributed by atoms with E-state index in [0.29, 0.717) is 0 Å². The van der Waals surface area contributed by atoms with E-state index in [1.54, 1.807) is 0 Å². The van der Waals surface area contributed by atoms with Crippen LogP contribution in [0, 0.1) is 0 Å². The number of hydrogen-bond acceptors (Lipinski definition) is 0. The lowest BCUT2D eigenvalue weighted by Gasteiger charge is -2.18. The fraction of sp³-hybridized carbons (Fsp3) is 0.103. The molecule has 0 unspecified atom stereocenters. The van der Waals surface area contributed by atoms with Crippen molar-refractivity contribution in [3.63, 3.8) is 0 Å². The zero-order chi connectivity index (χ0) is 19.6. The standard InChI is InChI=1S/C29H24/c1-2-21-19-24-17-18-26(23-13-7-4-8-14-23)29(28(24)20-21)27-16-10-9-15-25(27)22-11-5-3-6-12-22/h3-18,20H,2,19H2,1H3. The molecular formula is C29H24. The van der Waals surface area contributed by atoms with Crippen LogP contribution in [-0.4, -0.2) is 0 Å². The average molecular weight is 373 g/mol. The number of allylic oxidation sites excluding steroid dienone is 1. The van der Waals surface area contributed by atoms with Crippen molar-refractivity contribution in [2.24, 2.45) is 0 Å². The Labute approximate surface area is 173 Å². The second kappa shape index (κ2) is 7.56. The second-order valence-corrected chi connectivity index (χ2v) is 7.67. The zero-order valence-electron chi connectivity index (χ0n) is 16.7. The van der Waals surface area contributed by atoms with Crippen molar-refractivity contribution in [3.8, 4) is 33.4 Å². The minimum Gasteiger partial charge on any atom is -0.0655 e. The minimum atomic E-state index is 1.07. The Morgan fingerprint density at radius 1 is 0.586 bits per heavy atom. The summed E-state index contributed by atoms with van der Waals surface area (Å²) < 4.78 is 0. The van der Waals surface area contributed by atoms with Crippen LogP contribution in [0.5, 0.6) is 0 Å². The molecule has 4 aromatic rings. The second-order valence-electron chi connectivity index (χ2n) is 7.67.